The number of unbranched alkanes of at least 4 members (excludes halogenated alkanes) is 8. The van der Waals surface area contributed by atoms with Crippen LogP contribution in [-0.4, -0.2) is 18.0 Å². The molecule has 4 nitrogen and oxygen atoms in total. The van der Waals surface area contributed by atoms with Crippen LogP contribution in [0.15, 0.2) is 11.3 Å². The fourth-order valence-electron chi connectivity index (χ4n) is 3.51. The zero-order valence-corrected chi connectivity index (χ0v) is 16.6. The molecule has 1 saturated heterocycles. The number of rotatable bonds is 11. The molecule has 0 unspecified atom stereocenters. The lowest BCUT2D eigenvalue weighted by Crippen LogP contribution is -2.30. The van der Waals surface area contributed by atoms with Gasteiger partial charge >= 0.3 is 11.9 Å². The normalized spacial score (nSPS) is 22.5. The molecule has 4 heteroatoms. The smallest absolute Gasteiger partial charge is 0.337 e. The molecule has 2 atom stereocenters. The predicted molar refractivity (Wildman–Crippen MR) is 100.0 cm³/mol. The summed E-state index contributed by atoms with van der Waals surface area (Å²) in [5.41, 5.74) is 0.563. The van der Waals surface area contributed by atoms with Crippen LogP contribution in [-0.2, 0) is 19.1 Å². The molecule has 144 valence electrons. The van der Waals surface area contributed by atoms with E-state index >= 15 is 0 Å². The Morgan fingerprint density at radius 3 is 2.12 bits per heavy atom. The van der Waals surface area contributed by atoms with Gasteiger partial charge < -0.3 is 9.47 Å². The van der Waals surface area contributed by atoms with E-state index in [4.69, 9.17) is 9.47 Å². The van der Waals surface area contributed by atoms with Gasteiger partial charge in [-0.05, 0) is 25.7 Å². The second kappa shape index (κ2) is 12.1. The summed E-state index contributed by atoms with van der Waals surface area (Å²) in [6.45, 7) is 7.53. The van der Waals surface area contributed by atoms with Gasteiger partial charge in [0.15, 0.2) is 0 Å². The number of carbonyl (C=O) groups excluding carboxylic acids is 2. The molecule has 0 aliphatic carbocycles. The van der Waals surface area contributed by atoms with Gasteiger partial charge in [0, 0.05) is 13.3 Å². The molecule has 0 amide bonds. The summed E-state index contributed by atoms with van der Waals surface area (Å²) in [6, 6.07) is 0. The zero-order valence-electron chi connectivity index (χ0n) is 16.6. The van der Waals surface area contributed by atoms with Crippen LogP contribution >= 0.6 is 0 Å². The van der Waals surface area contributed by atoms with Crippen molar-refractivity contribution in [1.29, 1.82) is 0 Å². The van der Waals surface area contributed by atoms with Gasteiger partial charge in [-0.3, -0.25) is 4.79 Å². The average molecular weight is 353 g/mol. The van der Waals surface area contributed by atoms with Crippen molar-refractivity contribution in [3.8, 4) is 0 Å². The molecule has 0 spiro atoms. The fraction of sp³-hybridized carbons (Fsp3) is 0.810. The third kappa shape index (κ3) is 8.55. The van der Waals surface area contributed by atoms with E-state index in [1.807, 2.05) is 13.8 Å². The van der Waals surface area contributed by atoms with Crippen molar-refractivity contribution in [2.75, 3.05) is 0 Å². The summed E-state index contributed by atoms with van der Waals surface area (Å²) in [5, 5.41) is 0. The highest BCUT2D eigenvalue weighted by Crippen LogP contribution is 2.31. The first-order valence-corrected chi connectivity index (χ1v) is 10.1. The van der Waals surface area contributed by atoms with E-state index in [0.29, 0.717) is 17.8 Å². The van der Waals surface area contributed by atoms with Gasteiger partial charge in [0.25, 0.3) is 0 Å². The first kappa shape index (κ1) is 21.7. The van der Waals surface area contributed by atoms with Crippen LogP contribution in [0.2, 0.25) is 0 Å². The summed E-state index contributed by atoms with van der Waals surface area (Å²) < 4.78 is 10.7. The van der Waals surface area contributed by atoms with E-state index in [2.05, 4.69) is 6.92 Å². The van der Waals surface area contributed by atoms with Crippen LogP contribution in [0.4, 0.5) is 0 Å². The van der Waals surface area contributed by atoms with Crippen molar-refractivity contribution in [3.05, 3.63) is 11.3 Å². The van der Waals surface area contributed by atoms with Crippen molar-refractivity contribution >= 4 is 11.9 Å². The van der Waals surface area contributed by atoms with Gasteiger partial charge in [-0.2, -0.15) is 0 Å². The third-order valence-corrected chi connectivity index (χ3v) is 4.78. The molecule has 0 N–H and O–H groups in total. The molecule has 1 aliphatic rings. The van der Waals surface area contributed by atoms with E-state index < -0.39 is 0 Å². The van der Waals surface area contributed by atoms with Gasteiger partial charge in [-0.15, -0.1) is 0 Å². The van der Waals surface area contributed by atoms with Gasteiger partial charge in [0.1, 0.15) is 5.76 Å². The lowest BCUT2D eigenvalue weighted by Gasteiger charge is -2.28. The molecule has 0 saturated carbocycles. The molecule has 1 rings (SSSR count). The largest absolute Gasteiger partial charge is 0.459 e. The average Bonchev–Trinajstić information content (AvgIpc) is 2.51. The van der Waals surface area contributed by atoms with E-state index in [1.165, 1.54) is 51.9 Å². The van der Waals surface area contributed by atoms with Crippen LogP contribution < -0.4 is 0 Å². The first-order chi connectivity index (χ1) is 12.0. The number of hydrogen-bond donors (Lipinski definition) is 0. The minimum absolute atomic E-state index is 0.0717. The number of ether oxygens (including phenoxy) is 2. The highest BCUT2D eigenvalue weighted by Gasteiger charge is 2.32. The maximum absolute atomic E-state index is 12.2. The van der Waals surface area contributed by atoms with E-state index in [1.54, 1.807) is 0 Å². The van der Waals surface area contributed by atoms with Crippen molar-refractivity contribution in [2.24, 2.45) is 5.92 Å². The SMILES string of the molecule is CCCCCCCCCCC/C(OC(C)=O)=C1\C(=O)O[C@@H](C)C[C@@H]1C. The first-order valence-electron chi connectivity index (χ1n) is 10.1. The Kier molecular flexibility index (Phi) is 10.5. The summed E-state index contributed by atoms with van der Waals surface area (Å²) in [5.74, 6) is -0.0838. The van der Waals surface area contributed by atoms with Gasteiger partial charge in [-0.25, -0.2) is 4.79 Å². The Morgan fingerprint density at radius 1 is 1.04 bits per heavy atom. The Morgan fingerprint density at radius 2 is 1.60 bits per heavy atom. The lowest BCUT2D eigenvalue weighted by atomic mass is 9.90. The van der Waals surface area contributed by atoms with Crippen molar-refractivity contribution < 1.29 is 19.1 Å². The molecular weight excluding hydrogens is 316 g/mol. The van der Waals surface area contributed by atoms with Gasteiger partial charge in [-0.1, -0.05) is 65.2 Å². The highest BCUT2D eigenvalue weighted by atomic mass is 16.6. The lowest BCUT2D eigenvalue weighted by molar-refractivity contribution is -0.148. The van der Waals surface area contributed by atoms with Crippen LogP contribution in [0.1, 0.15) is 98.3 Å². The van der Waals surface area contributed by atoms with Gasteiger partial charge in [0.05, 0.1) is 11.7 Å². The molecule has 1 heterocycles. The quantitative estimate of drug-likeness (QED) is 0.207. The molecule has 1 aliphatic heterocycles. The molecule has 25 heavy (non-hydrogen) atoms. The van der Waals surface area contributed by atoms with Crippen LogP contribution in [0.5, 0.6) is 0 Å². The van der Waals surface area contributed by atoms with Crippen molar-refractivity contribution in [1.82, 2.24) is 0 Å². The molecule has 0 bridgehead atoms. The zero-order chi connectivity index (χ0) is 18.7. The monoisotopic (exact) mass is 352 g/mol. The Labute approximate surface area is 153 Å². The number of cyclic esters (lactones) is 1. The second-order valence-corrected chi connectivity index (χ2v) is 7.36. The predicted octanol–water partition coefficient (Wildman–Crippen LogP) is 5.70. The topological polar surface area (TPSA) is 52.6 Å². The molecule has 0 aromatic rings. The standard InChI is InChI=1S/C21H36O4/c1-5-6-7-8-9-10-11-12-13-14-19(25-18(4)22)20-16(2)15-17(3)24-21(20)23/h16-17H,5-15H2,1-4H3/b20-19+/t16-,17-/m0/s1. The maximum atomic E-state index is 12.2. The van der Waals surface area contributed by atoms with E-state index in [-0.39, 0.29) is 24.0 Å². The van der Waals surface area contributed by atoms with Gasteiger partial charge in [0.2, 0.25) is 0 Å². The number of esters is 2. The van der Waals surface area contributed by atoms with Crippen LogP contribution in [0.3, 0.4) is 0 Å². The summed E-state index contributed by atoms with van der Waals surface area (Å²) >= 11 is 0. The fourth-order valence-corrected chi connectivity index (χ4v) is 3.51. The van der Waals surface area contributed by atoms with E-state index in [9.17, 15) is 9.59 Å². The second-order valence-electron chi connectivity index (χ2n) is 7.36. The van der Waals surface area contributed by atoms with Crippen molar-refractivity contribution in [3.63, 3.8) is 0 Å². The van der Waals surface area contributed by atoms with Crippen molar-refractivity contribution in [2.45, 2.75) is 104 Å². The highest BCUT2D eigenvalue weighted by molar-refractivity contribution is 5.90. The maximum Gasteiger partial charge on any atom is 0.337 e. The molecule has 1 fully saturated rings. The molecule has 0 radical (unpaired) electrons. The number of allylic oxidation sites excluding steroid dienone is 1. The number of carbonyl (C=O) groups is 2. The Balaban J connectivity index is 2.45. The molecule has 0 aromatic carbocycles. The van der Waals surface area contributed by atoms with Crippen LogP contribution in [0, 0.1) is 5.92 Å². The Bertz CT molecular complexity index is 453. The summed E-state index contributed by atoms with van der Waals surface area (Å²) in [6.07, 6.45) is 12.5. The minimum atomic E-state index is -0.364. The summed E-state index contributed by atoms with van der Waals surface area (Å²) in [7, 11) is 0. The Hall–Kier alpha value is -1.32. The molecule has 0 aromatic heterocycles. The minimum Gasteiger partial charge on any atom is -0.459 e. The van der Waals surface area contributed by atoms with Crippen LogP contribution in [0.25, 0.3) is 0 Å². The third-order valence-electron chi connectivity index (χ3n) is 4.78. The summed E-state index contributed by atoms with van der Waals surface area (Å²) in [4.78, 5) is 23.7. The number of hydrogen-bond acceptors (Lipinski definition) is 4. The molecular formula is C21H36O4. The van der Waals surface area contributed by atoms with E-state index in [0.717, 1.165) is 19.3 Å².